The number of H-pyrrole nitrogens is 1. The largest absolute Gasteiger partial charge is 0.489 e. The number of aromatic amines is 1. The summed E-state index contributed by atoms with van der Waals surface area (Å²) in [5.41, 5.74) is 2.88. The fraction of sp³-hybridized carbons (Fsp3) is 0.276. The zero-order valence-corrected chi connectivity index (χ0v) is 24.3. The zero-order valence-electron chi connectivity index (χ0n) is 21.9. The van der Waals surface area contributed by atoms with Crippen LogP contribution < -0.4 is 4.74 Å². The van der Waals surface area contributed by atoms with Gasteiger partial charge in [-0.05, 0) is 59.6 Å². The summed E-state index contributed by atoms with van der Waals surface area (Å²) < 4.78 is 34.0. The molecular formula is C29H27BrN4O5S. The van der Waals surface area contributed by atoms with Crippen molar-refractivity contribution in [1.82, 2.24) is 14.9 Å². The van der Waals surface area contributed by atoms with Crippen molar-refractivity contribution < 1.29 is 23.1 Å². The number of amides is 1. The summed E-state index contributed by atoms with van der Waals surface area (Å²) in [6.45, 7) is 4.27. The van der Waals surface area contributed by atoms with Crippen molar-refractivity contribution in [2.45, 2.75) is 48.7 Å². The molecule has 3 heterocycles. The number of benzene rings is 2. The van der Waals surface area contributed by atoms with Crippen LogP contribution in [0, 0.1) is 18.3 Å². The quantitative estimate of drug-likeness (QED) is 0.316. The lowest BCUT2D eigenvalue weighted by atomic mass is 10.0. The van der Waals surface area contributed by atoms with Gasteiger partial charge in [0.15, 0.2) is 0 Å². The molecule has 1 aliphatic heterocycles. The highest BCUT2D eigenvalue weighted by atomic mass is 79.9. The maximum atomic E-state index is 13.8. The smallest absolute Gasteiger partial charge is 0.251 e. The molecule has 2 N–H and O–H groups in total. The summed E-state index contributed by atoms with van der Waals surface area (Å²) >= 11 is 3.41. The fourth-order valence-corrected chi connectivity index (χ4v) is 7.35. The molecule has 11 heteroatoms. The maximum Gasteiger partial charge on any atom is 0.251 e. The monoisotopic (exact) mass is 622 g/mol. The number of nitrogens with zero attached hydrogens (tertiary/aromatic N) is 3. The van der Waals surface area contributed by atoms with Gasteiger partial charge in [0.25, 0.3) is 5.91 Å². The molecule has 0 unspecified atom stereocenters. The molecule has 0 saturated carbocycles. The van der Waals surface area contributed by atoms with Crippen LogP contribution in [0.1, 0.15) is 30.9 Å². The molecule has 1 aliphatic rings. The van der Waals surface area contributed by atoms with E-state index in [0.717, 1.165) is 5.56 Å². The molecule has 206 valence electrons. The Kier molecular flexibility index (Phi) is 7.68. The maximum absolute atomic E-state index is 13.8. The lowest BCUT2D eigenvalue weighted by molar-refractivity contribution is -0.141. The van der Waals surface area contributed by atoms with Gasteiger partial charge in [0, 0.05) is 49.3 Å². The van der Waals surface area contributed by atoms with E-state index in [9.17, 15) is 23.6 Å². The van der Waals surface area contributed by atoms with Gasteiger partial charge in [-0.1, -0.05) is 23.8 Å². The average molecular weight is 624 g/mol. The number of aryl methyl sites for hydroxylation is 1. The number of halogens is 1. The molecular weight excluding hydrogens is 596 g/mol. The molecule has 4 aromatic rings. The van der Waals surface area contributed by atoms with Gasteiger partial charge in [-0.2, -0.15) is 5.26 Å². The van der Waals surface area contributed by atoms with Crippen LogP contribution in [0.3, 0.4) is 0 Å². The Balaban J connectivity index is 1.48. The van der Waals surface area contributed by atoms with Crippen LogP contribution in [0.4, 0.5) is 0 Å². The second-order valence-electron chi connectivity index (χ2n) is 9.82. The second-order valence-corrected chi connectivity index (χ2v) is 12.6. The van der Waals surface area contributed by atoms with Crippen LogP contribution >= 0.6 is 15.9 Å². The van der Waals surface area contributed by atoms with Crippen molar-refractivity contribution in [3.8, 4) is 22.9 Å². The molecule has 0 aliphatic carbocycles. The molecule has 1 fully saturated rings. The summed E-state index contributed by atoms with van der Waals surface area (Å²) in [6.07, 6.45) is 3.07. The highest BCUT2D eigenvalue weighted by Gasteiger charge is 2.28. The fourth-order valence-electron chi connectivity index (χ4n) is 4.89. The third kappa shape index (κ3) is 5.22. The van der Waals surface area contributed by atoms with E-state index >= 15 is 0 Å². The Morgan fingerprint density at radius 3 is 2.58 bits per heavy atom. The van der Waals surface area contributed by atoms with E-state index in [4.69, 9.17) is 4.74 Å². The Morgan fingerprint density at radius 2 is 1.93 bits per heavy atom. The van der Waals surface area contributed by atoms with E-state index < -0.39 is 15.9 Å². The van der Waals surface area contributed by atoms with Crippen molar-refractivity contribution in [1.29, 1.82) is 5.26 Å². The molecule has 0 bridgehead atoms. The number of aliphatic hydroxyl groups excluding tert-OH is 1. The number of ether oxygens (including phenoxy) is 1. The summed E-state index contributed by atoms with van der Waals surface area (Å²) in [7, 11) is -3.91. The Morgan fingerprint density at radius 1 is 1.23 bits per heavy atom. The minimum Gasteiger partial charge on any atom is -0.489 e. The van der Waals surface area contributed by atoms with Crippen LogP contribution in [0.5, 0.6) is 5.75 Å². The standard InChI is InChI=1S/C29H27BrN4O5S/c1-17-3-6-22(7-4-17)40(37,38)27-24(30)16-33-28-26(27)23(15-32-28)19-5-8-25(20(13-19)14-31)39-21-9-11-34(12-10-21)29(36)18(2)35/h3-8,13,15-16,18,21,35H,9-12H2,1-2H3,(H,32,33)/t18-/m0/s1. The third-order valence-corrected chi connectivity index (χ3v) is 9.74. The SMILES string of the molecule is Cc1ccc(S(=O)(=O)c2c(Br)cnc3[nH]cc(-c4ccc(OC5CCN(C(=O)[C@H](C)O)CC5)c(C#N)c4)c23)cc1. The van der Waals surface area contributed by atoms with Gasteiger partial charge in [0.05, 0.1) is 19.8 Å². The number of sulfone groups is 1. The predicted octanol–water partition coefficient (Wildman–Crippen LogP) is 4.76. The van der Waals surface area contributed by atoms with Gasteiger partial charge in [-0.25, -0.2) is 13.4 Å². The van der Waals surface area contributed by atoms with E-state index in [0.29, 0.717) is 63.9 Å². The number of carbonyl (C=O) groups is 1. The first kappa shape index (κ1) is 27.8. The summed E-state index contributed by atoms with van der Waals surface area (Å²) in [6, 6.07) is 14.0. The highest BCUT2D eigenvalue weighted by molar-refractivity contribution is 9.10. The van der Waals surface area contributed by atoms with Crippen molar-refractivity contribution >= 4 is 42.7 Å². The zero-order chi connectivity index (χ0) is 28.6. The van der Waals surface area contributed by atoms with Crippen LogP contribution in [-0.2, 0) is 14.6 Å². The average Bonchev–Trinajstić information content (AvgIpc) is 3.37. The molecule has 2 aromatic heterocycles. The molecule has 1 amide bonds. The number of hydrogen-bond donors (Lipinski definition) is 2. The predicted molar refractivity (Wildman–Crippen MR) is 152 cm³/mol. The van der Waals surface area contributed by atoms with E-state index in [2.05, 4.69) is 32.0 Å². The van der Waals surface area contributed by atoms with Gasteiger partial charge in [0.1, 0.15) is 29.7 Å². The first-order chi connectivity index (χ1) is 19.1. The molecule has 5 rings (SSSR count). The third-order valence-electron chi connectivity index (χ3n) is 7.03. The van der Waals surface area contributed by atoms with Gasteiger partial charge < -0.3 is 19.7 Å². The lowest BCUT2D eigenvalue weighted by Gasteiger charge is -2.33. The van der Waals surface area contributed by atoms with Crippen molar-refractivity contribution in [2.24, 2.45) is 0 Å². The van der Waals surface area contributed by atoms with Gasteiger partial charge in [0.2, 0.25) is 9.84 Å². The number of rotatable bonds is 6. The topological polar surface area (TPSA) is 136 Å². The molecule has 40 heavy (non-hydrogen) atoms. The molecule has 9 nitrogen and oxygen atoms in total. The van der Waals surface area contributed by atoms with E-state index in [1.165, 1.54) is 13.1 Å². The van der Waals surface area contributed by atoms with Gasteiger partial charge >= 0.3 is 0 Å². The van der Waals surface area contributed by atoms with Gasteiger partial charge in [-0.3, -0.25) is 4.79 Å². The minimum atomic E-state index is -3.91. The van der Waals surface area contributed by atoms with Crippen LogP contribution in [0.15, 0.2) is 69.1 Å². The number of piperidine rings is 1. The Bertz CT molecular complexity index is 1730. The Labute approximate surface area is 240 Å². The second kappa shape index (κ2) is 11.0. The van der Waals surface area contributed by atoms with Crippen molar-refractivity contribution in [3.05, 3.63) is 70.5 Å². The molecule has 1 saturated heterocycles. The number of aliphatic hydroxyl groups is 1. The van der Waals surface area contributed by atoms with Crippen molar-refractivity contribution in [2.75, 3.05) is 13.1 Å². The van der Waals surface area contributed by atoms with Crippen LogP contribution in [0.25, 0.3) is 22.2 Å². The molecule has 0 spiro atoms. The first-order valence-corrected chi connectivity index (χ1v) is 15.0. The number of aromatic nitrogens is 2. The van der Waals surface area contributed by atoms with E-state index in [-0.39, 0.29) is 21.8 Å². The number of hydrogen-bond acceptors (Lipinski definition) is 7. The van der Waals surface area contributed by atoms with E-state index in [1.807, 2.05) is 6.92 Å². The highest BCUT2D eigenvalue weighted by Crippen LogP contribution is 2.40. The molecule has 1 atom stereocenters. The summed E-state index contributed by atoms with van der Waals surface area (Å²) in [5.74, 6) is 0.113. The molecule has 2 aromatic carbocycles. The molecule has 0 radical (unpaired) electrons. The first-order valence-electron chi connectivity index (χ1n) is 12.8. The number of carbonyl (C=O) groups excluding carboxylic acids is 1. The van der Waals surface area contributed by atoms with Crippen molar-refractivity contribution in [3.63, 3.8) is 0 Å². The number of fused-ring (bicyclic) bond motifs is 1. The van der Waals surface area contributed by atoms with Crippen LogP contribution in [-0.4, -0.2) is 59.6 Å². The summed E-state index contributed by atoms with van der Waals surface area (Å²) in [4.78, 5) is 21.4. The normalized spacial score (nSPS) is 15.1. The van der Waals surface area contributed by atoms with Gasteiger partial charge in [-0.15, -0.1) is 0 Å². The number of likely N-dealkylation sites (tertiary alicyclic amines) is 1. The number of nitriles is 1. The number of pyridine rings is 1. The minimum absolute atomic E-state index is 0.0925. The van der Waals surface area contributed by atoms with E-state index in [1.54, 1.807) is 53.6 Å². The summed E-state index contributed by atoms with van der Waals surface area (Å²) in [5, 5.41) is 19.9. The lowest BCUT2D eigenvalue weighted by Crippen LogP contribution is -2.45. The van der Waals surface area contributed by atoms with Crippen LogP contribution in [0.2, 0.25) is 0 Å². The number of nitrogens with one attached hydrogen (secondary N) is 1. The Hall–Kier alpha value is -3.72.